The number of rotatable bonds is 7. The highest BCUT2D eigenvalue weighted by atomic mass is 79.9. The SMILES string of the molecule is O=C(CCCC[n+]1ccccc1)Nc1nnc(C2CCCCC2)s1.[Br-]. The Balaban J connectivity index is 0.00000225. The Morgan fingerprint density at radius 2 is 1.88 bits per heavy atom. The fraction of sp³-hybridized carbons (Fsp3) is 0.556. The molecule has 1 N–H and O–H groups in total. The van der Waals surface area contributed by atoms with Crippen molar-refractivity contribution in [3.63, 3.8) is 0 Å². The van der Waals surface area contributed by atoms with Gasteiger partial charge in [-0.2, -0.15) is 0 Å². The number of unbranched alkanes of at least 4 members (excludes halogenated alkanes) is 1. The first-order valence-electron chi connectivity index (χ1n) is 8.88. The van der Waals surface area contributed by atoms with Crippen LogP contribution in [0.5, 0.6) is 0 Å². The smallest absolute Gasteiger partial charge is 0.226 e. The van der Waals surface area contributed by atoms with E-state index in [9.17, 15) is 4.79 Å². The zero-order chi connectivity index (χ0) is 16.6. The molecule has 0 saturated heterocycles. The number of carbonyl (C=O) groups is 1. The van der Waals surface area contributed by atoms with Crippen LogP contribution in [0.25, 0.3) is 0 Å². The summed E-state index contributed by atoms with van der Waals surface area (Å²) in [5, 5.41) is 13.1. The highest BCUT2D eigenvalue weighted by Crippen LogP contribution is 2.35. The summed E-state index contributed by atoms with van der Waals surface area (Å²) in [6, 6.07) is 6.05. The van der Waals surface area contributed by atoms with Crippen molar-refractivity contribution in [1.82, 2.24) is 10.2 Å². The van der Waals surface area contributed by atoms with Gasteiger partial charge in [-0.25, -0.2) is 4.57 Å². The van der Waals surface area contributed by atoms with E-state index in [-0.39, 0.29) is 22.9 Å². The Hall–Kier alpha value is -1.34. The molecule has 7 heteroatoms. The van der Waals surface area contributed by atoms with Crippen molar-refractivity contribution in [2.24, 2.45) is 0 Å². The second-order valence-electron chi connectivity index (χ2n) is 6.40. The molecule has 0 atom stereocenters. The van der Waals surface area contributed by atoms with Gasteiger partial charge in [-0.15, -0.1) is 10.2 Å². The summed E-state index contributed by atoms with van der Waals surface area (Å²) in [4.78, 5) is 12.0. The minimum atomic E-state index is 0. The van der Waals surface area contributed by atoms with E-state index in [0.717, 1.165) is 24.4 Å². The van der Waals surface area contributed by atoms with Gasteiger partial charge in [0.05, 0.1) is 0 Å². The fourth-order valence-corrected chi connectivity index (χ4v) is 4.07. The standard InChI is InChI=1S/C18H24N4OS.BrH/c23-16(11-5-8-14-22-12-6-2-7-13-22)19-18-21-20-17(24-18)15-9-3-1-4-10-15;/h2,6-7,12-13,15H,1,3-5,8-11,14H2;1H. The summed E-state index contributed by atoms with van der Waals surface area (Å²) in [5.74, 6) is 0.587. The molecule has 2 heterocycles. The predicted octanol–water partition coefficient (Wildman–Crippen LogP) is 0.686. The number of carbonyl (C=O) groups excluding carboxylic acids is 1. The summed E-state index contributed by atoms with van der Waals surface area (Å²) in [5.41, 5.74) is 0. The maximum absolute atomic E-state index is 12.0. The van der Waals surface area contributed by atoms with Gasteiger partial charge in [-0.05, 0) is 19.3 Å². The monoisotopic (exact) mass is 424 g/mol. The molecule has 2 aromatic rings. The van der Waals surface area contributed by atoms with Crippen molar-refractivity contribution in [2.45, 2.75) is 63.8 Å². The predicted molar refractivity (Wildman–Crippen MR) is 94.9 cm³/mol. The van der Waals surface area contributed by atoms with Gasteiger partial charge in [0.25, 0.3) is 0 Å². The summed E-state index contributed by atoms with van der Waals surface area (Å²) >= 11 is 1.55. The van der Waals surface area contributed by atoms with Crippen LogP contribution < -0.4 is 26.9 Å². The minimum Gasteiger partial charge on any atom is -1.00 e. The van der Waals surface area contributed by atoms with Crippen LogP contribution in [-0.2, 0) is 11.3 Å². The molecule has 1 saturated carbocycles. The lowest BCUT2D eigenvalue weighted by molar-refractivity contribution is -0.697. The molecule has 25 heavy (non-hydrogen) atoms. The molecule has 2 aromatic heterocycles. The number of amides is 1. The van der Waals surface area contributed by atoms with Gasteiger partial charge >= 0.3 is 0 Å². The van der Waals surface area contributed by atoms with Gasteiger partial charge in [0.2, 0.25) is 11.0 Å². The Bertz CT molecular complexity index is 644. The van der Waals surface area contributed by atoms with E-state index in [0.29, 0.717) is 17.5 Å². The third kappa shape index (κ3) is 6.47. The number of aryl methyl sites for hydroxylation is 1. The van der Waals surface area contributed by atoms with Gasteiger partial charge in [0.15, 0.2) is 12.4 Å². The summed E-state index contributed by atoms with van der Waals surface area (Å²) in [6.45, 7) is 0.943. The quantitative estimate of drug-likeness (QED) is 0.525. The number of pyridine rings is 1. The molecular formula is C18H25BrN4OS. The molecule has 1 aliphatic rings. The van der Waals surface area contributed by atoms with Gasteiger partial charge in [0.1, 0.15) is 11.6 Å². The number of aromatic nitrogens is 3. The lowest BCUT2D eigenvalue weighted by Crippen LogP contribution is -3.00. The third-order valence-corrected chi connectivity index (χ3v) is 5.49. The summed E-state index contributed by atoms with van der Waals surface area (Å²) in [6.07, 6.45) is 12.8. The molecule has 0 aliphatic heterocycles. The van der Waals surface area contributed by atoms with Crippen LogP contribution in [0.4, 0.5) is 5.13 Å². The second kappa shape index (κ2) is 10.6. The van der Waals surface area contributed by atoms with E-state index >= 15 is 0 Å². The molecule has 1 fully saturated rings. The zero-order valence-electron chi connectivity index (χ0n) is 14.4. The Morgan fingerprint density at radius 1 is 1.12 bits per heavy atom. The van der Waals surface area contributed by atoms with Gasteiger partial charge in [-0.3, -0.25) is 4.79 Å². The van der Waals surface area contributed by atoms with Crippen LogP contribution in [-0.4, -0.2) is 16.1 Å². The van der Waals surface area contributed by atoms with Crippen LogP contribution in [0, 0.1) is 0 Å². The number of halogens is 1. The third-order valence-electron chi connectivity index (χ3n) is 4.49. The fourth-order valence-electron chi connectivity index (χ4n) is 3.14. The van der Waals surface area contributed by atoms with E-state index in [1.54, 1.807) is 11.3 Å². The Morgan fingerprint density at radius 3 is 2.64 bits per heavy atom. The maximum Gasteiger partial charge on any atom is 0.226 e. The first-order chi connectivity index (χ1) is 11.8. The lowest BCUT2D eigenvalue weighted by Gasteiger charge is -2.18. The number of anilines is 1. The first-order valence-corrected chi connectivity index (χ1v) is 9.70. The molecule has 1 aliphatic carbocycles. The molecular weight excluding hydrogens is 400 g/mol. The van der Waals surface area contributed by atoms with E-state index in [2.05, 4.69) is 20.1 Å². The average molecular weight is 425 g/mol. The van der Waals surface area contributed by atoms with Crippen molar-refractivity contribution in [3.8, 4) is 0 Å². The molecule has 1 amide bonds. The number of hydrogen-bond acceptors (Lipinski definition) is 4. The zero-order valence-corrected chi connectivity index (χ0v) is 16.8. The van der Waals surface area contributed by atoms with E-state index in [1.165, 1.54) is 32.1 Å². The van der Waals surface area contributed by atoms with E-state index in [4.69, 9.17) is 0 Å². The van der Waals surface area contributed by atoms with Crippen molar-refractivity contribution in [3.05, 3.63) is 35.6 Å². The topological polar surface area (TPSA) is 58.8 Å². The van der Waals surface area contributed by atoms with Crippen molar-refractivity contribution in [1.29, 1.82) is 0 Å². The molecule has 136 valence electrons. The van der Waals surface area contributed by atoms with E-state index in [1.807, 2.05) is 30.6 Å². The number of nitrogens with zero attached hydrogens (tertiary/aromatic N) is 3. The molecule has 0 aromatic carbocycles. The molecule has 0 spiro atoms. The Kier molecular flexibility index (Phi) is 8.48. The van der Waals surface area contributed by atoms with Crippen molar-refractivity contribution >= 4 is 22.4 Å². The first kappa shape index (κ1) is 20.0. The number of hydrogen-bond donors (Lipinski definition) is 1. The van der Waals surface area contributed by atoms with Gasteiger partial charge in [0, 0.05) is 30.9 Å². The van der Waals surface area contributed by atoms with Crippen molar-refractivity contribution < 1.29 is 26.3 Å². The second-order valence-corrected chi connectivity index (χ2v) is 7.41. The number of nitrogens with one attached hydrogen (secondary N) is 1. The largest absolute Gasteiger partial charge is 1.00 e. The lowest BCUT2D eigenvalue weighted by atomic mass is 9.90. The Labute approximate surface area is 163 Å². The molecule has 0 radical (unpaired) electrons. The average Bonchev–Trinajstić information content (AvgIpc) is 3.09. The van der Waals surface area contributed by atoms with Crippen LogP contribution in [0.1, 0.15) is 62.3 Å². The molecule has 0 unspecified atom stereocenters. The van der Waals surface area contributed by atoms with Crippen LogP contribution >= 0.6 is 11.3 Å². The summed E-state index contributed by atoms with van der Waals surface area (Å²) in [7, 11) is 0. The molecule has 3 rings (SSSR count). The van der Waals surface area contributed by atoms with Crippen molar-refractivity contribution in [2.75, 3.05) is 5.32 Å². The highest BCUT2D eigenvalue weighted by molar-refractivity contribution is 7.15. The van der Waals surface area contributed by atoms with E-state index < -0.39 is 0 Å². The molecule has 5 nitrogen and oxygen atoms in total. The van der Waals surface area contributed by atoms with Gasteiger partial charge in [-0.1, -0.05) is 36.7 Å². The summed E-state index contributed by atoms with van der Waals surface area (Å²) < 4.78 is 2.14. The van der Waals surface area contributed by atoms with Gasteiger partial charge < -0.3 is 22.3 Å². The maximum atomic E-state index is 12.0. The van der Waals surface area contributed by atoms with Crippen LogP contribution in [0.15, 0.2) is 30.6 Å². The van der Waals surface area contributed by atoms with Crippen LogP contribution in [0.3, 0.4) is 0 Å². The van der Waals surface area contributed by atoms with Crippen LogP contribution in [0.2, 0.25) is 0 Å². The molecule has 0 bridgehead atoms. The normalized spacial score (nSPS) is 14.7. The minimum absolute atomic E-state index is 0. The highest BCUT2D eigenvalue weighted by Gasteiger charge is 2.20.